The lowest BCUT2D eigenvalue weighted by Gasteiger charge is -2.38. The van der Waals surface area contributed by atoms with Crippen LogP contribution in [0.2, 0.25) is 0 Å². The number of ether oxygens (including phenoxy) is 2. The van der Waals surface area contributed by atoms with E-state index in [1.54, 1.807) is 7.11 Å². The van der Waals surface area contributed by atoms with Crippen molar-refractivity contribution in [3.8, 4) is 0 Å². The van der Waals surface area contributed by atoms with Crippen molar-refractivity contribution < 1.29 is 14.3 Å². The molecule has 2 rings (SSSR count). The molecule has 0 saturated carbocycles. The molecule has 0 aliphatic carbocycles. The van der Waals surface area contributed by atoms with E-state index in [1.165, 1.54) is 6.92 Å². The largest absolute Gasteiger partial charge is 0.465 e. The van der Waals surface area contributed by atoms with Gasteiger partial charge in [0.2, 0.25) is 0 Å². The second kappa shape index (κ2) is 8.39. The molecule has 7 nitrogen and oxygen atoms in total. The van der Waals surface area contributed by atoms with Crippen LogP contribution in [-0.2, 0) is 14.3 Å². The SMILES string of the molecule is COCC(COC(C)=O)(CN1CCN(C)C1)CN1CCN(C)C1. The zero-order valence-electron chi connectivity index (χ0n) is 15.1. The maximum Gasteiger partial charge on any atom is 0.302 e. The van der Waals surface area contributed by atoms with Crippen LogP contribution in [-0.4, -0.2) is 113 Å². The topological polar surface area (TPSA) is 48.5 Å². The van der Waals surface area contributed by atoms with Crippen LogP contribution in [0.4, 0.5) is 0 Å². The van der Waals surface area contributed by atoms with Gasteiger partial charge in [-0.1, -0.05) is 0 Å². The fourth-order valence-electron chi connectivity index (χ4n) is 3.63. The summed E-state index contributed by atoms with van der Waals surface area (Å²) in [6, 6.07) is 0. The molecule has 0 aromatic rings. The first-order valence-corrected chi connectivity index (χ1v) is 8.36. The Hall–Kier alpha value is -0.730. The minimum Gasteiger partial charge on any atom is -0.465 e. The molecule has 2 fully saturated rings. The number of nitrogens with zero attached hydrogens (tertiary/aromatic N) is 4. The van der Waals surface area contributed by atoms with Crippen LogP contribution < -0.4 is 0 Å². The Morgan fingerprint density at radius 2 is 1.48 bits per heavy atom. The molecule has 0 aromatic carbocycles. The number of carbonyl (C=O) groups excluding carboxylic acids is 1. The maximum absolute atomic E-state index is 11.4. The van der Waals surface area contributed by atoms with Gasteiger partial charge in [-0.25, -0.2) is 0 Å². The van der Waals surface area contributed by atoms with Gasteiger partial charge in [0, 0.05) is 53.3 Å². The highest BCUT2D eigenvalue weighted by Crippen LogP contribution is 2.25. The Kier molecular flexibility index (Phi) is 6.79. The quantitative estimate of drug-likeness (QED) is 0.562. The van der Waals surface area contributed by atoms with E-state index in [4.69, 9.17) is 9.47 Å². The molecule has 0 unspecified atom stereocenters. The van der Waals surface area contributed by atoms with Crippen LogP contribution >= 0.6 is 0 Å². The molecule has 0 radical (unpaired) electrons. The van der Waals surface area contributed by atoms with Gasteiger partial charge in [-0.15, -0.1) is 0 Å². The molecule has 0 atom stereocenters. The van der Waals surface area contributed by atoms with Crippen molar-refractivity contribution in [3.05, 3.63) is 0 Å². The third kappa shape index (κ3) is 5.69. The smallest absolute Gasteiger partial charge is 0.302 e. The molecule has 7 heteroatoms. The van der Waals surface area contributed by atoms with Crippen molar-refractivity contribution in [1.29, 1.82) is 0 Å². The molecule has 23 heavy (non-hydrogen) atoms. The molecule has 2 heterocycles. The van der Waals surface area contributed by atoms with Gasteiger partial charge < -0.3 is 9.47 Å². The van der Waals surface area contributed by atoms with E-state index in [0.717, 1.165) is 52.6 Å². The monoisotopic (exact) mass is 328 g/mol. The summed E-state index contributed by atoms with van der Waals surface area (Å²) >= 11 is 0. The first-order chi connectivity index (χ1) is 10.9. The van der Waals surface area contributed by atoms with E-state index in [-0.39, 0.29) is 11.4 Å². The number of methoxy groups -OCH3 is 1. The Bertz CT molecular complexity index is 372. The summed E-state index contributed by atoms with van der Waals surface area (Å²) in [5.41, 5.74) is -0.184. The molecule has 0 N–H and O–H groups in total. The standard InChI is InChI=1S/C16H32N4O3/c1-15(21)23-12-16(11-22-4,9-19-7-5-17(2)13-19)10-20-8-6-18(3)14-20/h5-14H2,1-4H3. The van der Waals surface area contributed by atoms with Crippen LogP contribution in [0.3, 0.4) is 0 Å². The summed E-state index contributed by atoms with van der Waals surface area (Å²) in [7, 11) is 6.01. The summed E-state index contributed by atoms with van der Waals surface area (Å²) in [5, 5.41) is 0. The minimum atomic E-state index is -0.220. The fourth-order valence-corrected chi connectivity index (χ4v) is 3.63. The minimum absolute atomic E-state index is 0.184. The lowest BCUT2D eigenvalue weighted by Crippen LogP contribution is -2.51. The first-order valence-electron chi connectivity index (χ1n) is 8.36. The lowest BCUT2D eigenvalue weighted by atomic mass is 9.88. The van der Waals surface area contributed by atoms with E-state index in [0.29, 0.717) is 13.2 Å². The van der Waals surface area contributed by atoms with Crippen LogP contribution in [0.5, 0.6) is 0 Å². The second-order valence-electron chi connectivity index (χ2n) is 7.26. The van der Waals surface area contributed by atoms with Crippen LogP contribution in [0.1, 0.15) is 6.92 Å². The third-order valence-electron chi connectivity index (χ3n) is 4.63. The van der Waals surface area contributed by atoms with Crippen molar-refractivity contribution in [3.63, 3.8) is 0 Å². The predicted molar refractivity (Wildman–Crippen MR) is 89.1 cm³/mol. The Morgan fingerprint density at radius 1 is 0.957 bits per heavy atom. The zero-order chi connectivity index (χ0) is 16.9. The predicted octanol–water partition coefficient (Wildman–Crippen LogP) is -0.408. The van der Waals surface area contributed by atoms with E-state index in [2.05, 4.69) is 33.7 Å². The van der Waals surface area contributed by atoms with Gasteiger partial charge in [-0.2, -0.15) is 0 Å². The zero-order valence-corrected chi connectivity index (χ0v) is 15.1. The van der Waals surface area contributed by atoms with E-state index in [9.17, 15) is 4.79 Å². The van der Waals surface area contributed by atoms with Gasteiger partial charge >= 0.3 is 5.97 Å². The van der Waals surface area contributed by atoms with Crippen molar-refractivity contribution in [2.24, 2.45) is 5.41 Å². The molecule has 0 spiro atoms. The third-order valence-corrected chi connectivity index (χ3v) is 4.63. The van der Waals surface area contributed by atoms with Crippen molar-refractivity contribution in [2.75, 3.05) is 87.0 Å². The van der Waals surface area contributed by atoms with Gasteiger partial charge in [-0.3, -0.25) is 24.4 Å². The molecule has 2 aliphatic heterocycles. The average molecular weight is 328 g/mol. The fraction of sp³-hybridized carbons (Fsp3) is 0.938. The Balaban J connectivity index is 2.06. The van der Waals surface area contributed by atoms with Crippen LogP contribution in [0.25, 0.3) is 0 Å². The number of hydrogen-bond donors (Lipinski definition) is 0. The molecule has 0 amide bonds. The molecule has 0 aromatic heterocycles. The highest BCUT2D eigenvalue weighted by atomic mass is 16.5. The van der Waals surface area contributed by atoms with E-state index in [1.807, 2.05) is 0 Å². The van der Waals surface area contributed by atoms with Gasteiger partial charge in [0.25, 0.3) is 0 Å². The van der Waals surface area contributed by atoms with Gasteiger partial charge in [0.05, 0.1) is 25.4 Å². The summed E-state index contributed by atoms with van der Waals surface area (Å²) in [6.45, 7) is 10.5. The van der Waals surface area contributed by atoms with Crippen LogP contribution in [0, 0.1) is 5.41 Å². The number of likely N-dealkylation sites (N-methyl/N-ethyl adjacent to an activating group) is 2. The van der Waals surface area contributed by atoms with E-state index >= 15 is 0 Å². The summed E-state index contributed by atoms with van der Waals surface area (Å²) in [6.07, 6.45) is 0. The number of rotatable bonds is 8. The van der Waals surface area contributed by atoms with Crippen LogP contribution in [0.15, 0.2) is 0 Å². The first kappa shape index (κ1) is 18.6. The molecule has 0 bridgehead atoms. The average Bonchev–Trinajstić information content (AvgIpc) is 3.06. The van der Waals surface area contributed by atoms with Crippen molar-refractivity contribution >= 4 is 5.97 Å². The van der Waals surface area contributed by atoms with E-state index < -0.39 is 0 Å². The summed E-state index contributed by atoms with van der Waals surface area (Å²) in [4.78, 5) is 20.9. The number of carbonyl (C=O) groups is 1. The molecule has 2 aliphatic rings. The molecule has 134 valence electrons. The number of hydrogen-bond acceptors (Lipinski definition) is 7. The highest BCUT2D eigenvalue weighted by Gasteiger charge is 2.38. The van der Waals surface area contributed by atoms with Crippen molar-refractivity contribution in [2.45, 2.75) is 6.92 Å². The maximum atomic E-state index is 11.4. The van der Waals surface area contributed by atoms with Gasteiger partial charge in [0.15, 0.2) is 0 Å². The normalized spacial score (nSPS) is 22.1. The lowest BCUT2D eigenvalue weighted by molar-refractivity contribution is -0.147. The summed E-state index contributed by atoms with van der Waals surface area (Å²) in [5.74, 6) is -0.220. The molecular weight excluding hydrogens is 296 g/mol. The summed E-state index contributed by atoms with van der Waals surface area (Å²) < 4.78 is 11.0. The Morgan fingerprint density at radius 3 is 1.83 bits per heavy atom. The molecular formula is C16H32N4O3. The molecule has 2 saturated heterocycles. The highest BCUT2D eigenvalue weighted by molar-refractivity contribution is 5.65. The second-order valence-corrected chi connectivity index (χ2v) is 7.26. The van der Waals surface area contributed by atoms with Gasteiger partial charge in [0.1, 0.15) is 6.61 Å². The van der Waals surface area contributed by atoms with Crippen molar-refractivity contribution in [1.82, 2.24) is 19.6 Å². The number of esters is 1. The Labute approximate surface area is 140 Å². The van der Waals surface area contributed by atoms with Gasteiger partial charge in [-0.05, 0) is 14.1 Å².